The molecule has 4 nitrogen and oxygen atoms in total. The lowest BCUT2D eigenvalue weighted by Crippen LogP contribution is -2.06. The highest BCUT2D eigenvalue weighted by atomic mass is 35.5. The van der Waals surface area contributed by atoms with Crippen molar-refractivity contribution in [1.82, 2.24) is 4.98 Å². The molecule has 0 saturated heterocycles. The maximum atomic E-state index is 10.6. The third kappa shape index (κ3) is 3.59. The van der Waals surface area contributed by atoms with Gasteiger partial charge in [-0.3, -0.25) is 5.32 Å². The van der Waals surface area contributed by atoms with Gasteiger partial charge in [0, 0.05) is 16.5 Å². The number of nitrogens with one attached hydrogen (secondary N) is 1. The minimum absolute atomic E-state index is 0.535. The second-order valence-corrected chi connectivity index (χ2v) is 5.79. The van der Waals surface area contributed by atoms with E-state index in [-0.39, 0.29) is 0 Å². The molecule has 0 aliphatic rings. The largest absolute Gasteiger partial charge is 0.465 e. The number of benzene rings is 1. The summed E-state index contributed by atoms with van der Waals surface area (Å²) in [4.78, 5) is 14.9. The van der Waals surface area contributed by atoms with Crippen molar-refractivity contribution in [2.45, 2.75) is 13.3 Å². The molecule has 2 rings (SSSR count). The number of amides is 1. The van der Waals surface area contributed by atoms with Gasteiger partial charge in [-0.2, -0.15) is 0 Å². The normalized spacial score (nSPS) is 10.5. The molecule has 19 heavy (non-hydrogen) atoms. The summed E-state index contributed by atoms with van der Waals surface area (Å²) in [5, 5.41) is 13.5. The van der Waals surface area contributed by atoms with Gasteiger partial charge in [0.15, 0.2) is 0 Å². The Morgan fingerprint density at radius 1 is 1.47 bits per heavy atom. The first kappa shape index (κ1) is 14.1. The van der Waals surface area contributed by atoms with Crippen LogP contribution in [0, 0.1) is 6.92 Å². The van der Waals surface area contributed by atoms with E-state index in [0.29, 0.717) is 27.2 Å². The fourth-order valence-corrected chi connectivity index (χ4v) is 3.02. The second-order valence-electron chi connectivity index (χ2n) is 3.86. The van der Waals surface area contributed by atoms with Crippen LogP contribution in [0.3, 0.4) is 0 Å². The summed E-state index contributed by atoms with van der Waals surface area (Å²) in [5.41, 5.74) is 1.56. The minimum Gasteiger partial charge on any atom is -0.465 e. The molecule has 0 fully saturated rings. The monoisotopic (exact) mass is 316 g/mol. The second kappa shape index (κ2) is 5.77. The quantitative estimate of drug-likeness (QED) is 0.880. The van der Waals surface area contributed by atoms with Crippen molar-refractivity contribution in [3.63, 3.8) is 0 Å². The Hall–Kier alpha value is -1.30. The smallest absolute Gasteiger partial charge is 0.409 e. The predicted octanol–water partition coefficient (Wildman–Crippen LogP) is 4.44. The molecule has 1 aromatic carbocycles. The fraction of sp³-hybridized carbons (Fsp3) is 0.167. The van der Waals surface area contributed by atoms with Crippen LogP contribution in [-0.2, 0) is 6.42 Å². The average Bonchev–Trinajstić information content (AvgIpc) is 2.62. The van der Waals surface area contributed by atoms with E-state index in [1.807, 2.05) is 6.07 Å². The van der Waals surface area contributed by atoms with Gasteiger partial charge in [0.05, 0.1) is 10.7 Å². The number of nitrogens with zero attached hydrogens (tertiary/aromatic N) is 1. The summed E-state index contributed by atoms with van der Waals surface area (Å²) >= 11 is 13.2. The van der Waals surface area contributed by atoms with Crippen LogP contribution in [0.1, 0.15) is 16.3 Å². The lowest BCUT2D eigenvalue weighted by atomic mass is 10.1. The number of thiazole rings is 1. The maximum Gasteiger partial charge on any atom is 0.409 e. The van der Waals surface area contributed by atoms with E-state index in [0.717, 1.165) is 10.6 Å². The number of rotatable bonds is 3. The molecule has 0 spiro atoms. The molecular weight excluding hydrogens is 307 g/mol. The molecule has 0 aliphatic carbocycles. The van der Waals surface area contributed by atoms with Crippen molar-refractivity contribution < 1.29 is 9.90 Å². The molecule has 1 aromatic heterocycles. The van der Waals surface area contributed by atoms with Gasteiger partial charge in [-0.05, 0) is 24.6 Å². The molecule has 0 bridgehead atoms. The van der Waals surface area contributed by atoms with E-state index in [2.05, 4.69) is 10.3 Å². The molecule has 0 unspecified atom stereocenters. The zero-order valence-electron chi connectivity index (χ0n) is 9.91. The van der Waals surface area contributed by atoms with Crippen LogP contribution in [0.5, 0.6) is 0 Å². The number of hydrogen-bond acceptors (Lipinski definition) is 3. The topological polar surface area (TPSA) is 62.2 Å². The Labute approximate surface area is 124 Å². The molecule has 2 N–H and O–H groups in total. The molecule has 2 aromatic rings. The molecule has 0 radical (unpaired) electrons. The third-order valence-electron chi connectivity index (χ3n) is 2.42. The standard InChI is InChI=1S/C12H10Cl2N2O2S/c1-6-11(16-12(17)18)19-10(15-6)4-7-2-3-8(13)5-9(7)14/h2-3,5,16H,4H2,1H3,(H,17,18). The van der Waals surface area contributed by atoms with E-state index in [1.54, 1.807) is 19.1 Å². The van der Waals surface area contributed by atoms with E-state index in [1.165, 1.54) is 11.3 Å². The highest BCUT2D eigenvalue weighted by Gasteiger charge is 2.11. The van der Waals surface area contributed by atoms with Crippen LogP contribution in [0.2, 0.25) is 10.0 Å². The zero-order chi connectivity index (χ0) is 14.0. The lowest BCUT2D eigenvalue weighted by Gasteiger charge is -2.01. The number of aromatic nitrogens is 1. The highest BCUT2D eigenvalue weighted by molar-refractivity contribution is 7.16. The van der Waals surface area contributed by atoms with E-state index in [4.69, 9.17) is 28.3 Å². The SMILES string of the molecule is Cc1nc(Cc2ccc(Cl)cc2Cl)sc1NC(=O)O. The van der Waals surface area contributed by atoms with E-state index >= 15 is 0 Å². The average molecular weight is 317 g/mol. The Morgan fingerprint density at radius 3 is 2.84 bits per heavy atom. The van der Waals surface area contributed by atoms with Crippen LogP contribution < -0.4 is 5.32 Å². The van der Waals surface area contributed by atoms with Gasteiger partial charge in [0.2, 0.25) is 0 Å². The predicted molar refractivity (Wildman–Crippen MR) is 77.8 cm³/mol. The summed E-state index contributed by atoms with van der Waals surface area (Å²) in [6.07, 6.45) is -0.550. The van der Waals surface area contributed by atoms with Crippen molar-refractivity contribution in [3.8, 4) is 0 Å². The number of aryl methyl sites for hydroxylation is 1. The Kier molecular flexibility index (Phi) is 4.29. The number of carbonyl (C=O) groups is 1. The van der Waals surface area contributed by atoms with Gasteiger partial charge in [0.1, 0.15) is 5.00 Å². The number of anilines is 1. The summed E-state index contributed by atoms with van der Waals surface area (Å²) in [6.45, 7) is 1.76. The van der Waals surface area contributed by atoms with Crippen LogP contribution in [0.25, 0.3) is 0 Å². The molecule has 1 heterocycles. The van der Waals surface area contributed by atoms with Crippen LogP contribution in [-0.4, -0.2) is 16.2 Å². The Balaban J connectivity index is 2.21. The summed E-state index contributed by atoms with van der Waals surface area (Å²) in [6, 6.07) is 5.28. The van der Waals surface area contributed by atoms with Gasteiger partial charge in [-0.15, -0.1) is 11.3 Å². The summed E-state index contributed by atoms with van der Waals surface area (Å²) in [5.74, 6) is 0. The Bertz CT molecular complexity index is 628. The minimum atomic E-state index is -1.09. The zero-order valence-corrected chi connectivity index (χ0v) is 12.2. The van der Waals surface area contributed by atoms with Crippen molar-refractivity contribution >= 4 is 45.6 Å². The first-order valence-corrected chi connectivity index (χ1v) is 6.93. The van der Waals surface area contributed by atoms with Gasteiger partial charge in [0.25, 0.3) is 0 Å². The number of carboxylic acid groups (broad SMARTS) is 1. The molecular formula is C12H10Cl2N2O2S. The van der Waals surface area contributed by atoms with Gasteiger partial charge in [-0.25, -0.2) is 9.78 Å². The first-order valence-electron chi connectivity index (χ1n) is 5.36. The number of hydrogen-bond donors (Lipinski definition) is 2. The van der Waals surface area contributed by atoms with Crippen molar-refractivity contribution in [2.75, 3.05) is 5.32 Å². The molecule has 0 saturated carbocycles. The van der Waals surface area contributed by atoms with Crippen LogP contribution in [0.4, 0.5) is 9.80 Å². The van der Waals surface area contributed by atoms with Crippen LogP contribution >= 0.6 is 34.5 Å². The molecule has 7 heteroatoms. The molecule has 100 valence electrons. The Morgan fingerprint density at radius 2 is 2.21 bits per heavy atom. The van der Waals surface area contributed by atoms with E-state index < -0.39 is 6.09 Å². The van der Waals surface area contributed by atoms with E-state index in [9.17, 15) is 4.79 Å². The number of halogens is 2. The third-order valence-corrected chi connectivity index (χ3v) is 4.08. The van der Waals surface area contributed by atoms with Crippen molar-refractivity contribution in [2.24, 2.45) is 0 Å². The molecule has 0 aliphatic heterocycles. The summed E-state index contributed by atoms with van der Waals surface area (Å²) in [7, 11) is 0. The molecule has 1 amide bonds. The first-order chi connectivity index (χ1) is 8.95. The highest BCUT2D eigenvalue weighted by Crippen LogP contribution is 2.28. The lowest BCUT2D eigenvalue weighted by molar-refractivity contribution is 0.210. The summed E-state index contributed by atoms with van der Waals surface area (Å²) < 4.78 is 0. The fourth-order valence-electron chi connectivity index (χ4n) is 1.57. The van der Waals surface area contributed by atoms with Gasteiger partial charge < -0.3 is 5.11 Å². The van der Waals surface area contributed by atoms with Crippen molar-refractivity contribution in [3.05, 3.63) is 44.5 Å². The van der Waals surface area contributed by atoms with Crippen LogP contribution in [0.15, 0.2) is 18.2 Å². The molecule has 0 atom stereocenters. The van der Waals surface area contributed by atoms with Gasteiger partial charge >= 0.3 is 6.09 Å². The maximum absolute atomic E-state index is 10.6. The van der Waals surface area contributed by atoms with Gasteiger partial charge in [-0.1, -0.05) is 29.3 Å². The van der Waals surface area contributed by atoms with Crippen molar-refractivity contribution in [1.29, 1.82) is 0 Å².